The van der Waals surface area contributed by atoms with Gasteiger partial charge in [0, 0.05) is 36.3 Å². The number of rotatable bonds is 8. The minimum absolute atomic E-state index is 0.164. The van der Waals surface area contributed by atoms with E-state index in [1.807, 2.05) is 30.4 Å². The van der Waals surface area contributed by atoms with Crippen LogP contribution in [0.2, 0.25) is 0 Å². The smallest absolute Gasteiger partial charge is 0.256 e. The number of aromatic nitrogens is 4. The molecule has 1 aromatic carbocycles. The van der Waals surface area contributed by atoms with Crippen LogP contribution < -0.4 is 11.1 Å². The van der Waals surface area contributed by atoms with Crippen LogP contribution in [0.5, 0.6) is 0 Å². The van der Waals surface area contributed by atoms with Crippen LogP contribution in [0.3, 0.4) is 0 Å². The highest BCUT2D eigenvalue weighted by molar-refractivity contribution is 6.04. The number of hydrogen-bond acceptors (Lipinski definition) is 6. The van der Waals surface area contributed by atoms with E-state index in [1.165, 1.54) is 6.08 Å². The van der Waals surface area contributed by atoms with Crippen LogP contribution in [0.15, 0.2) is 73.7 Å². The standard InChI is InChI=1S/C26H27N7O2/c1-4-15-32(21(34)5-2)17(3)25-31-22(23-24(27)29-14-16-33(23)25)18-9-11-19(12-10-18)26(35)30-20-8-6-7-13-28-20/h5-14,16-17H,2,4,15H2,1,3H3,(H2,27,29)(H,28,30,35)/t17-/m0/s1. The van der Waals surface area contributed by atoms with E-state index in [1.54, 1.807) is 53.8 Å². The summed E-state index contributed by atoms with van der Waals surface area (Å²) < 4.78 is 1.86. The highest BCUT2D eigenvalue weighted by Gasteiger charge is 2.26. The van der Waals surface area contributed by atoms with Crippen molar-refractivity contribution in [1.82, 2.24) is 24.3 Å². The monoisotopic (exact) mass is 469 g/mol. The Kier molecular flexibility index (Phi) is 6.86. The Bertz CT molecular complexity index is 1360. The highest BCUT2D eigenvalue weighted by atomic mass is 16.2. The number of imidazole rings is 1. The van der Waals surface area contributed by atoms with E-state index < -0.39 is 0 Å². The predicted octanol–water partition coefficient (Wildman–Crippen LogP) is 4.11. The highest BCUT2D eigenvalue weighted by Crippen LogP contribution is 2.32. The van der Waals surface area contributed by atoms with Crippen molar-refractivity contribution in [2.45, 2.75) is 26.3 Å². The summed E-state index contributed by atoms with van der Waals surface area (Å²) in [6.07, 6.45) is 7.11. The molecule has 0 aliphatic rings. The maximum Gasteiger partial charge on any atom is 0.256 e. The first-order chi connectivity index (χ1) is 16.9. The van der Waals surface area contributed by atoms with Gasteiger partial charge < -0.3 is 16.0 Å². The second-order valence-corrected chi connectivity index (χ2v) is 8.01. The molecule has 9 heteroatoms. The van der Waals surface area contributed by atoms with Crippen molar-refractivity contribution in [1.29, 1.82) is 0 Å². The molecule has 2 amide bonds. The van der Waals surface area contributed by atoms with Gasteiger partial charge in [-0.1, -0.05) is 31.7 Å². The minimum Gasteiger partial charge on any atom is -0.382 e. The van der Waals surface area contributed by atoms with Crippen molar-refractivity contribution in [3.63, 3.8) is 0 Å². The van der Waals surface area contributed by atoms with Crippen LogP contribution in [-0.4, -0.2) is 42.6 Å². The number of nitrogens with zero attached hydrogens (tertiary/aromatic N) is 5. The number of fused-ring (bicyclic) bond motifs is 1. The van der Waals surface area contributed by atoms with E-state index in [-0.39, 0.29) is 17.9 Å². The fraction of sp³-hybridized carbons (Fsp3) is 0.192. The molecule has 0 spiro atoms. The van der Waals surface area contributed by atoms with Crippen LogP contribution in [-0.2, 0) is 4.79 Å². The quantitative estimate of drug-likeness (QED) is 0.375. The van der Waals surface area contributed by atoms with Crippen molar-refractivity contribution >= 4 is 29.0 Å². The van der Waals surface area contributed by atoms with E-state index in [0.717, 1.165) is 12.0 Å². The summed E-state index contributed by atoms with van der Waals surface area (Å²) in [6.45, 7) is 8.14. The number of carbonyl (C=O) groups excluding carboxylic acids is 2. The minimum atomic E-state index is -0.327. The third kappa shape index (κ3) is 4.74. The number of benzene rings is 1. The Morgan fingerprint density at radius 2 is 1.94 bits per heavy atom. The van der Waals surface area contributed by atoms with Crippen LogP contribution in [0.1, 0.15) is 42.5 Å². The van der Waals surface area contributed by atoms with Crippen molar-refractivity contribution < 1.29 is 9.59 Å². The van der Waals surface area contributed by atoms with E-state index in [4.69, 9.17) is 10.7 Å². The number of nitrogens with one attached hydrogen (secondary N) is 1. The van der Waals surface area contributed by atoms with Crippen LogP contribution >= 0.6 is 0 Å². The Balaban J connectivity index is 1.71. The average Bonchev–Trinajstić information content (AvgIpc) is 3.28. The fourth-order valence-corrected chi connectivity index (χ4v) is 3.98. The molecule has 0 saturated heterocycles. The summed E-state index contributed by atoms with van der Waals surface area (Å²) >= 11 is 0. The SMILES string of the molecule is C=CC(=O)N(CCC)[C@@H](C)c1nc(-c2ccc(C(=O)Nc3ccccn3)cc2)c2c(N)nccn12. The molecular formula is C26H27N7O2. The number of hydrogen-bond donors (Lipinski definition) is 2. The molecule has 3 heterocycles. The lowest BCUT2D eigenvalue weighted by Gasteiger charge is -2.27. The molecule has 4 rings (SSSR count). The summed E-state index contributed by atoms with van der Waals surface area (Å²) in [7, 11) is 0. The lowest BCUT2D eigenvalue weighted by Crippen LogP contribution is -2.33. The topological polar surface area (TPSA) is 119 Å². The first-order valence-corrected chi connectivity index (χ1v) is 11.3. The number of nitrogen functional groups attached to an aromatic ring is 1. The van der Waals surface area contributed by atoms with E-state index in [0.29, 0.717) is 40.8 Å². The molecule has 0 radical (unpaired) electrons. The molecule has 0 aliphatic heterocycles. The lowest BCUT2D eigenvalue weighted by molar-refractivity contribution is -0.128. The third-order valence-corrected chi connectivity index (χ3v) is 5.70. The van der Waals surface area contributed by atoms with Crippen molar-refractivity contribution in [3.8, 4) is 11.3 Å². The normalized spacial score (nSPS) is 11.7. The maximum absolute atomic E-state index is 12.6. The predicted molar refractivity (Wildman–Crippen MR) is 136 cm³/mol. The first kappa shape index (κ1) is 23.6. The molecule has 1 atom stereocenters. The molecule has 3 N–H and O–H groups in total. The zero-order chi connectivity index (χ0) is 24.9. The Morgan fingerprint density at radius 3 is 2.60 bits per heavy atom. The fourth-order valence-electron chi connectivity index (χ4n) is 3.98. The number of carbonyl (C=O) groups is 2. The number of amides is 2. The number of anilines is 2. The molecule has 0 aliphatic carbocycles. The van der Waals surface area contributed by atoms with E-state index in [2.05, 4.69) is 21.9 Å². The summed E-state index contributed by atoms with van der Waals surface area (Å²) in [4.78, 5) is 40.1. The van der Waals surface area contributed by atoms with Crippen LogP contribution in [0.4, 0.5) is 11.6 Å². The summed E-state index contributed by atoms with van der Waals surface area (Å²) in [5, 5.41) is 2.77. The summed E-state index contributed by atoms with van der Waals surface area (Å²) in [5.41, 5.74) is 8.77. The second-order valence-electron chi connectivity index (χ2n) is 8.01. The van der Waals surface area contributed by atoms with Gasteiger partial charge in [-0.3, -0.25) is 14.0 Å². The molecule has 4 aromatic rings. The molecule has 0 bridgehead atoms. The van der Waals surface area contributed by atoms with Gasteiger partial charge in [-0.2, -0.15) is 0 Å². The van der Waals surface area contributed by atoms with Gasteiger partial charge in [0.05, 0.1) is 6.04 Å². The molecule has 9 nitrogen and oxygen atoms in total. The molecule has 35 heavy (non-hydrogen) atoms. The lowest BCUT2D eigenvalue weighted by atomic mass is 10.1. The first-order valence-electron chi connectivity index (χ1n) is 11.3. The molecule has 0 unspecified atom stereocenters. The number of nitrogens with two attached hydrogens (primary N) is 1. The molecule has 0 fully saturated rings. The maximum atomic E-state index is 12.6. The second kappa shape index (κ2) is 10.2. The van der Waals surface area contributed by atoms with Gasteiger partial charge >= 0.3 is 0 Å². The van der Waals surface area contributed by atoms with Gasteiger partial charge in [0.25, 0.3) is 5.91 Å². The molecule has 178 valence electrons. The van der Waals surface area contributed by atoms with Gasteiger partial charge in [-0.25, -0.2) is 15.0 Å². The average molecular weight is 470 g/mol. The zero-order valence-corrected chi connectivity index (χ0v) is 19.7. The Morgan fingerprint density at radius 1 is 1.17 bits per heavy atom. The Labute approximate surface area is 203 Å². The zero-order valence-electron chi connectivity index (χ0n) is 19.7. The largest absolute Gasteiger partial charge is 0.382 e. The van der Waals surface area contributed by atoms with Gasteiger partial charge in [0.2, 0.25) is 5.91 Å². The van der Waals surface area contributed by atoms with Gasteiger partial charge in [0.15, 0.2) is 0 Å². The number of pyridine rings is 1. The van der Waals surface area contributed by atoms with Gasteiger partial charge in [0.1, 0.15) is 28.7 Å². The summed E-state index contributed by atoms with van der Waals surface area (Å²) in [6, 6.07) is 12.1. The van der Waals surface area contributed by atoms with Gasteiger partial charge in [-0.15, -0.1) is 0 Å². The van der Waals surface area contributed by atoms with E-state index in [9.17, 15) is 9.59 Å². The van der Waals surface area contributed by atoms with Gasteiger partial charge in [-0.05, 0) is 43.7 Å². The third-order valence-electron chi connectivity index (χ3n) is 5.70. The van der Waals surface area contributed by atoms with Crippen LogP contribution in [0.25, 0.3) is 16.8 Å². The molecular weight excluding hydrogens is 442 g/mol. The van der Waals surface area contributed by atoms with Crippen LogP contribution in [0, 0.1) is 0 Å². The van der Waals surface area contributed by atoms with E-state index >= 15 is 0 Å². The Hall–Kier alpha value is -4.53. The van der Waals surface area contributed by atoms with Crippen molar-refractivity contribution in [3.05, 3.63) is 85.1 Å². The molecule has 3 aromatic heterocycles. The van der Waals surface area contributed by atoms with Crippen molar-refractivity contribution in [2.75, 3.05) is 17.6 Å². The summed E-state index contributed by atoms with van der Waals surface area (Å²) in [5.74, 6) is 1.03. The van der Waals surface area contributed by atoms with Crippen molar-refractivity contribution in [2.24, 2.45) is 0 Å². The molecule has 0 saturated carbocycles.